The quantitative estimate of drug-likeness (QED) is 0.840. The number of hydrogen-bond acceptors (Lipinski definition) is 2. The van der Waals surface area contributed by atoms with Crippen LogP contribution in [-0.2, 0) is 11.2 Å². The van der Waals surface area contributed by atoms with Gasteiger partial charge in [0.05, 0.1) is 12.1 Å². The predicted octanol–water partition coefficient (Wildman–Crippen LogP) is 3.40. The number of halogens is 2. The lowest BCUT2D eigenvalue weighted by atomic mass is 9.83. The van der Waals surface area contributed by atoms with Crippen molar-refractivity contribution in [3.8, 4) is 0 Å². The number of alkyl halides is 2. The van der Waals surface area contributed by atoms with E-state index >= 15 is 0 Å². The van der Waals surface area contributed by atoms with Gasteiger partial charge in [-0.1, -0.05) is 0 Å². The van der Waals surface area contributed by atoms with Crippen molar-refractivity contribution in [3.05, 3.63) is 18.0 Å². The van der Waals surface area contributed by atoms with Crippen LogP contribution in [0.25, 0.3) is 0 Å². The summed E-state index contributed by atoms with van der Waals surface area (Å²) in [5, 5.41) is 4.32. The molecule has 0 radical (unpaired) electrons. The van der Waals surface area contributed by atoms with Crippen LogP contribution in [0.2, 0.25) is 0 Å². The Morgan fingerprint density at radius 1 is 1.47 bits per heavy atom. The average molecular weight is 270 g/mol. The second-order valence-corrected chi connectivity index (χ2v) is 5.65. The summed E-state index contributed by atoms with van der Waals surface area (Å²) in [6.45, 7) is 4.03. The molecule has 0 bridgehead atoms. The lowest BCUT2D eigenvalue weighted by molar-refractivity contribution is -0.126. The molecule has 1 aliphatic carbocycles. The maximum atomic E-state index is 13.0. The Morgan fingerprint density at radius 3 is 2.63 bits per heavy atom. The molecule has 1 saturated carbocycles. The summed E-state index contributed by atoms with van der Waals surface area (Å²) in [5.74, 6) is -2.75. The van der Waals surface area contributed by atoms with Gasteiger partial charge in [-0.3, -0.25) is 9.48 Å². The Balaban J connectivity index is 1.90. The number of Topliss-reactive ketones (excluding diaryl/α,β-unsaturated/α-hetero) is 1. The van der Waals surface area contributed by atoms with Crippen LogP contribution in [0.15, 0.2) is 12.3 Å². The van der Waals surface area contributed by atoms with E-state index in [2.05, 4.69) is 5.10 Å². The predicted molar refractivity (Wildman–Crippen MR) is 68.2 cm³/mol. The number of carbonyl (C=O) groups excluding carboxylic acids is 1. The maximum Gasteiger partial charge on any atom is 0.248 e. The van der Waals surface area contributed by atoms with E-state index in [-0.39, 0.29) is 37.0 Å². The Bertz CT molecular complexity index is 444. The highest BCUT2D eigenvalue weighted by molar-refractivity contribution is 5.82. The van der Waals surface area contributed by atoms with E-state index in [9.17, 15) is 13.6 Å². The first-order chi connectivity index (χ1) is 8.87. The molecule has 0 atom stereocenters. The van der Waals surface area contributed by atoms with Gasteiger partial charge in [-0.15, -0.1) is 0 Å². The Labute approximate surface area is 112 Å². The monoisotopic (exact) mass is 270 g/mol. The van der Waals surface area contributed by atoms with Gasteiger partial charge in [-0.05, 0) is 32.8 Å². The fourth-order valence-electron chi connectivity index (χ4n) is 2.44. The Kier molecular flexibility index (Phi) is 4.02. The molecule has 0 spiro atoms. The molecule has 0 aliphatic heterocycles. The zero-order valence-corrected chi connectivity index (χ0v) is 11.4. The lowest BCUT2D eigenvalue weighted by Gasteiger charge is -2.27. The van der Waals surface area contributed by atoms with E-state index in [1.807, 2.05) is 26.1 Å². The molecule has 0 N–H and O–H groups in total. The van der Waals surface area contributed by atoms with Crippen LogP contribution in [0.5, 0.6) is 0 Å². The van der Waals surface area contributed by atoms with Crippen LogP contribution in [0, 0.1) is 5.92 Å². The van der Waals surface area contributed by atoms with Gasteiger partial charge in [0.2, 0.25) is 5.92 Å². The largest absolute Gasteiger partial charge is 0.299 e. The summed E-state index contributed by atoms with van der Waals surface area (Å²) < 4.78 is 27.9. The van der Waals surface area contributed by atoms with Crippen molar-refractivity contribution in [2.75, 3.05) is 0 Å². The number of rotatable bonds is 4. The first-order valence-corrected chi connectivity index (χ1v) is 6.82. The van der Waals surface area contributed by atoms with Crippen LogP contribution in [0.1, 0.15) is 51.3 Å². The first kappa shape index (κ1) is 14.2. The van der Waals surface area contributed by atoms with E-state index in [1.165, 1.54) is 0 Å². The van der Waals surface area contributed by atoms with Crippen molar-refractivity contribution in [3.63, 3.8) is 0 Å². The Morgan fingerprint density at radius 2 is 2.11 bits per heavy atom. The summed E-state index contributed by atoms with van der Waals surface area (Å²) in [6.07, 6.45) is 2.39. The van der Waals surface area contributed by atoms with E-state index in [4.69, 9.17) is 0 Å². The number of hydrogen-bond donors (Lipinski definition) is 0. The summed E-state index contributed by atoms with van der Waals surface area (Å²) in [6, 6.07) is 2.09. The van der Waals surface area contributed by atoms with Crippen LogP contribution in [0.4, 0.5) is 8.78 Å². The van der Waals surface area contributed by atoms with Gasteiger partial charge in [-0.2, -0.15) is 5.10 Å². The van der Waals surface area contributed by atoms with Crippen LogP contribution < -0.4 is 0 Å². The van der Waals surface area contributed by atoms with Crippen LogP contribution >= 0.6 is 0 Å². The van der Waals surface area contributed by atoms with Gasteiger partial charge in [0.25, 0.3) is 0 Å². The van der Waals surface area contributed by atoms with E-state index < -0.39 is 5.92 Å². The minimum atomic E-state index is -2.57. The zero-order chi connectivity index (χ0) is 14.0. The molecule has 5 heteroatoms. The summed E-state index contributed by atoms with van der Waals surface area (Å²) >= 11 is 0. The van der Waals surface area contributed by atoms with Crippen molar-refractivity contribution < 1.29 is 13.6 Å². The van der Waals surface area contributed by atoms with Crippen molar-refractivity contribution in [2.24, 2.45) is 5.92 Å². The highest BCUT2D eigenvalue weighted by atomic mass is 19.3. The summed E-state index contributed by atoms with van der Waals surface area (Å²) in [4.78, 5) is 12.1. The highest BCUT2D eigenvalue weighted by Crippen LogP contribution is 2.36. The molecule has 0 amide bonds. The SMILES string of the molecule is CC(C)n1ccc(CC(=O)C2CCC(F)(F)CC2)n1. The summed E-state index contributed by atoms with van der Waals surface area (Å²) in [7, 11) is 0. The average Bonchev–Trinajstić information content (AvgIpc) is 2.77. The van der Waals surface area contributed by atoms with Crippen molar-refractivity contribution in [1.82, 2.24) is 9.78 Å². The molecule has 106 valence electrons. The summed E-state index contributed by atoms with van der Waals surface area (Å²) in [5.41, 5.74) is 0.732. The molecule has 3 nitrogen and oxygen atoms in total. The van der Waals surface area contributed by atoms with Crippen LogP contribution in [0.3, 0.4) is 0 Å². The maximum absolute atomic E-state index is 13.0. The third-order valence-electron chi connectivity index (χ3n) is 3.72. The third-order valence-corrected chi connectivity index (χ3v) is 3.72. The number of ketones is 1. The smallest absolute Gasteiger partial charge is 0.248 e. The van der Waals surface area contributed by atoms with E-state index in [0.717, 1.165) is 5.69 Å². The Hall–Kier alpha value is -1.26. The van der Waals surface area contributed by atoms with E-state index in [1.54, 1.807) is 4.68 Å². The molecular formula is C14H20F2N2O. The topological polar surface area (TPSA) is 34.9 Å². The molecule has 19 heavy (non-hydrogen) atoms. The molecular weight excluding hydrogens is 250 g/mol. The fraction of sp³-hybridized carbons (Fsp3) is 0.714. The van der Waals surface area contributed by atoms with Gasteiger partial charge >= 0.3 is 0 Å². The second kappa shape index (κ2) is 5.39. The third kappa shape index (κ3) is 3.61. The molecule has 1 fully saturated rings. The number of nitrogens with zero attached hydrogens (tertiary/aromatic N) is 2. The molecule has 1 aromatic rings. The van der Waals surface area contributed by atoms with Gasteiger partial charge < -0.3 is 0 Å². The standard InChI is InChI=1S/C14H20F2N2O/c1-10(2)18-8-5-12(17-18)9-13(19)11-3-6-14(15,16)7-4-11/h5,8,10-11H,3-4,6-7,9H2,1-2H3. The second-order valence-electron chi connectivity index (χ2n) is 5.65. The molecule has 1 aromatic heterocycles. The number of aromatic nitrogens is 2. The number of carbonyl (C=O) groups is 1. The first-order valence-electron chi connectivity index (χ1n) is 6.82. The van der Waals surface area contributed by atoms with E-state index in [0.29, 0.717) is 12.8 Å². The molecule has 1 aliphatic rings. The van der Waals surface area contributed by atoms with Gasteiger partial charge in [0, 0.05) is 31.0 Å². The van der Waals surface area contributed by atoms with Gasteiger partial charge in [0.1, 0.15) is 5.78 Å². The van der Waals surface area contributed by atoms with Crippen molar-refractivity contribution >= 4 is 5.78 Å². The fourth-order valence-corrected chi connectivity index (χ4v) is 2.44. The molecule has 0 unspecified atom stereocenters. The van der Waals surface area contributed by atoms with Gasteiger partial charge in [0.15, 0.2) is 0 Å². The lowest BCUT2D eigenvalue weighted by Crippen LogP contribution is -2.29. The van der Waals surface area contributed by atoms with Crippen molar-refractivity contribution in [2.45, 2.75) is 57.9 Å². The minimum Gasteiger partial charge on any atom is -0.299 e. The minimum absolute atomic E-state index is 0.0458. The molecule has 1 heterocycles. The molecule has 2 rings (SSSR count). The normalized spacial score (nSPS) is 19.8. The highest BCUT2D eigenvalue weighted by Gasteiger charge is 2.37. The zero-order valence-electron chi connectivity index (χ0n) is 11.4. The molecule has 0 saturated heterocycles. The van der Waals surface area contributed by atoms with Gasteiger partial charge in [-0.25, -0.2) is 8.78 Å². The van der Waals surface area contributed by atoms with Crippen molar-refractivity contribution in [1.29, 1.82) is 0 Å². The van der Waals surface area contributed by atoms with Crippen LogP contribution in [-0.4, -0.2) is 21.5 Å². The molecule has 0 aromatic carbocycles.